The molecule has 6 heteroatoms. The van der Waals surface area contributed by atoms with Crippen molar-refractivity contribution in [1.29, 1.82) is 0 Å². The van der Waals surface area contributed by atoms with E-state index in [1.54, 1.807) is 0 Å². The van der Waals surface area contributed by atoms with Crippen LogP contribution in [0.5, 0.6) is 0 Å². The molecule has 2 rings (SSSR count). The van der Waals surface area contributed by atoms with Crippen LogP contribution in [-0.4, -0.2) is 55.0 Å². The summed E-state index contributed by atoms with van der Waals surface area (Å²) in [5.41, 5.74) is 2.00. The van der Waals surface area contributed by atoms with Gasteiger partial charge in [0.15, 0.2) is 0 Å². The molecule has 0 radical (unpaired) electrons. The first-order valence-electron chi connectivity index (χ1n) is 7.59. The lowest BCUT2D eigenvalue weighted by molar-refractivity contribution is -0.116. The molecule has 0 aliphatic carbocycles. The number of likely N-dealkylation sites (N-methyl/N-ethyl adjacent to an activating group) is 1. The molecule has 0 aromatic heterocycles. The van der Waals surface area contributed by atoms with Crippen LogP contribution in [0.1, 0.15) is 18.9 Å². The Bertz CT molecular complexity index is 490. The zero-order chi connectivity index (χ0) is 15.2. The Morgan fingerprint density at radius 1 is 1.23 bits per heavy atom. The third-order valence-corrected chi connectivity index (χ3v) is 4.90. The van der Waals surface area contributed by atoms with Gasteiger partial charge in [0.1, 0.15) is 0 Å². The number of nitrogens with zero attached hydrogens (tertiary/aromatic N) is 2. The molecule has 4 nitrogen and oxygen atoms in total. The smallest absolute Gasteiger partial charge is 0.225 e. The van der Waals surface area contributed by atoms with Gasteiger partial charge in [-0.2, -0.15) is 0 Å². The maximum absolute atomic E-state index is 12.0. The number of piperazine rings is 1. The molecule has 1 amide bonds. The summed E-state index contributed by atoms with van der Waals surface area (Å²) < 4.78 is 1.06. The van der Waals surface area contributed by atoms with Crippen molar-refractivity contribution in [2.75, 3.05) is 44.6 Å². The van der Waals surface area contributed by atoms with E-state index in [4.69, 9.17) is 0 Å². The first kappa shape index (κ1) is 19.4. The van der Waals surface area contributed by atoms with Gasteiger partial charge in [-0.3, -0.25) is 4.79 Å². The molecule has 1 N–H and O–H groups in total. The minimum absolute atomic E-state index is 0. The predicted octanol–water partition coefficient (Wildman–Crippen LogP) is -0.272. The van der Waals surface area contributed by atoms with E-state index in [1.807, 2.05) is 25.1 Å². The van der Waals surface area contributed by atoms with Crippen LogP contribution in [-0.2, 0) is 4.79 Å². The predicted molar refractivity (Wildman–Crippen MR) is 90.7 cm³/mol. The number of amides is 1. The van der Waals surface area contributed by atoms with Crippen molar-refractivity contribution in [3.63, 3.8) is 0 Å². The number of hydrogen-bond acceptors (Lipinski definition) is 3. The highest BCUT2D eigenvalue weighted by atomic mass is 79.9. The fourth-order valence-corrected chi connectivity index (χ4v) is 2.78. The van der Waals surface area contributed by atoms with Gasteiger partial charge >= 0.3 is 0 Å². The summed E-state index contributed by atoms with van der Waals surface area (Å²) in [6.07, 6.45) is 0.557. The fraction of sp³-hybridized carbons (Fsp3) is 0.562. The number of nitrogens with one attached hydrogen (secondary N) is 1. The quantitative estimate of drug-likeness (QED) is 0.753. The van der Waals surface area contributed by atoms with E-state index in [0.717, 1.165) is 55.0 Å². The Balaban J connectivity index is 0.00000242. The molecule has 124 valence electrons. The molecule has 1 saturated heterocycles. The summed E-state index contributed by atoms with van der Waals surface area (Å²) in [6.45, 7) is 10.6. The van der Waals surface area contributed by atoms with E-state index < -0.39 is 0 Å². The van der Waals surface area contributed by atoms with Gasteiger partial charge in [0, 0.05) is 49.3 Å². The van der Waals surface area contributed by atoms with Gasteiger partial charge in [-0.15, -0.1) is 0 Å². The Labute approximate surface area is 147 Å². The molecule has 0 bridgehead atoms. The number of halogens is 2. The minimum atomic E-state index is 0. The second-order valence-corrected chi connectivity index (χ2v) is 6.39. The van der Waals surface area contributed by atoms with Crippen LogP contribution in [0, 0.1) is 6.92 Å². The normalized spacial score (nSPS) is 16.1. The van der Waals surface area contributed by atoms with Gasteiger partial charge in [0.05, 0.1) is 0 Å². The molecule has 0 atom stereocenters. The van der Waals surface area contributed by atoms with E-state index in [0.29, 0.717) is 6.42 Å². The zero-order valence-corrected chi connectivity index (χ0v) is 15.6. The lowest BCUT2D eigenvalue weighted by Gasteiger charge is -2.33. The molecular formula is C16H24BrClN3O-. The fourth-order valence-electron chi connectivity index (χ4n) is 2.53. The topological polar surface area (TPSA) is 35.6 Å². The maximum atomic E-state index is 12.0. The largest absolute Gasteiger partial charge is 1.00 e. The van der Waals surface area contributed by atoms with Gasteiger partial charge in [-0.25, -0.2) is 0 Å². The Kier molecular flexibility index (Phi) is 8.39. The molecule has 1 aliphatic rings. The van der Waals surface area contributed by atoms with Crippen LogP contribution in [0.25, 0.3) is 0 Å². The summed E-state index contributed by atoms with van der Waals surface area (Å²) in [5.74, 6) is 0.0923. The highest BCUT2D eigenvalue weighted by Gasteiger charge is 2.16. The Morgan fingerprint density at radius 2 is 1.86 bits per heavy atom. The number of anilines is 1. The molecule has 1 aromatic carbocycles. The standard InChI is InChI=1S/C16H24BrN3O.ClH/c1-3-19-8-10-20(11-9-19)7-6-16(21)18-14-4-5-15(17)13(2)12-14;/h4-5,12H,3,6-11H2,1-2H3,(H,18,21);1H/p-1. The molecular weight excluding hydrogens is 366 g/mol. The number of benzene rings is 1. The average Bonchev–Trinajstić information content (AvgIpc) is 2.49. The summed E-state index contributed by atoms with van der Waals surface area (Å²) >= 11 is 3.47. The van der Waals surface area contributed by atoms with Gasteiger partial charge in [-0.1, -0.05) is 22.9 Å². The van der Waals surface area contributed by atoms with E-state index >= 15 is 0 Å². The van der Waals surface area contributed by atoms with E-state index in [1.165, 1.54) is 0 Å². The van der Waals surface area contributed by atoms with Crippen LogP contribution in [0.15, 0.2) is 22.7 Å². The molecule has 1 aromatic rings. The maximum Gasteiger partial charge on any atom is 0.225 e. The number of aryl methyl sites for hydroxylation is 1. The van der Waals surface area contributed by atoms with Crippen LogP contribution in [0.2, 0.25) is 0 Å². The van der Waals surface area contributed by atoms with Crippen LogP contribution in [0.3, 0.4) is 0 Å². The van der Waals surface area contributed by atoms with Gasteiger partial charge < -0.3 is 27.5 Å². The first-order chi connectivity index (χ1) is 10.1. The third-order valence-electron chi connectivity index (χ3n) is 4.01. The molecule has 0 unspecified atom stereocenters. The lowest BCUT2D eigenvalue weighted by Crippen LogP contribution is -3.00. The average molecular weight is 390 g/mol. The molecule has 1 fully saturated rings. The van der Waals surface area contributed by atoms with Crippen molar-refractivity contribution in [2.45, 2.75) is 20.3 Å². The van der Waals surface area contributed by atoms with E-state index in [-0.39, 0.29) is 18.3 Å². The van der Waals surface area contributed by atoms with Crippen molar-refractivity contribution in [1.82, 2.24) is 9.80 Å². The monoisotopic (exact) mass is 388 g/mol. The lowest BCUT2D eigenvalue weighted by atomic mass is 10.2. The van der Waals surface area contributed by atoms with Crippen molar-refractivity contribution in [3.05, 3.63) is 28.2 Å². The Hall–Kier alpha value is -0.620. The van der Waals surface area contributed by atoms with Crippen molar-refractivity contribution < 1.29 is 17.2 Å². The zero-order valence-electron chi connectivity index (χ0n) is 13.2. The molecule has 1 heterocycles. The Morgan fingerprint density at radius 3 is 2.45 bits per heavy atom. The molecule has 1 aliphatic heterocycles. The summed E-state index contributed by atoms with van der Waals surface area (Å²) in [7, 11) is 0. The number of rotatable bonds is 5. The van der Waals surface area contributed by atoms with Crippen molar-refractivity contribution in [2.24, 2.45) is 0 Å². The highest BCUT2D eigenvalue weighted by molar-refractivity contribution is 9.10. The van der Waals surface area contributed by atoms with Crippen LogP contribution in [0.4, 0.5) is 5.69 Å². The first-order valence-corrected chi connectivity index (χ1v) is 8.38. The molecule has 0 spiro atoms. The van der Waals surface area contributed by atoms with Crippen molar-refractivity contribution >= 4 is 27.5 Å². The van der Waals surface area contributed by atoms with Crippen LogP contribution < -0.4 is 17.7 Å². The molecule has 22 heavy (non-hydrogen) atoms. The highest BCUT2D eigenvalue weighted by Crippen LogP contribution is 2.20. The number of carbonyl (C=O) groups is 1. The van der Waals surface area contributed by atoms with Crippen molar-refractivity contribution in [3.8, 4) is 0 Å². The van der Waals surface area contributed by atoms with Gasteiger partial charge in [0.25, 0.3) is 0 Å². The van der Waals surface area contributed by atoms with E-state index in [9.17, 15) is 4.79 Å². The van der Waals surface area contributed by atoms with Gasteiger partial charge in [-0.05, 0) is 37.2 Å². The number of carbonyl (C=O) groups excluding carboxylic acids is 1. The summed E-state index contributed by atoms with van der Waals surface area (Å²) in [5, 5.41) is 2.97. The van der Waals surface area contributed by atoms with Gasteiger partial charge in [0.2, 0.25) is 5.91 Å². The van der Waals surface area contributed by atoms with E-state index in [2.05, 4.69) is 38.0 Å². The number of hydrogen-bond donors (Lipinski definition) is 1. The summed E-state index contributed by atoms with van der Waals surface area (Å²) in [4.78, 5) is 16.8. The molecule has 0 saturated carbocycles. The summed E-state index contributed by atoms with van der Waals surface area (Å²) in [6, 6.07) is 5.88. The SMILES string of the molecule is CCN1CCN(CCC(=O)Nc2ccc(Br)c(C)c2)CC1.[Cl-]. The second-order valence-electron chi connectivity index (χ2n) is 5.54. The third kappa shape index (κ3) is 5.88. The minimum Gasteiger partial charge on any atom is -1.00 e. The van der Waals surface area contributed by atoms with Crippen LogP contribution >= 0.6 is 15.9 Å². The second kappa shape index (κ2) is 9.50.